The molecule has 0 aliphatic heterocycles. The molecule has 138 valence electrons. The van der Waals surface area contributed by atoms with E-state index in [1.165, 1.54) is 11.3 Å². The highest BCUT2D eigenvalue weighted by atomic mass is 32.1. The van der Waals surface area contributed by atoms with Crippen molar-refractivity contribution in [1.82, 2.24) is 10.1 Å². The van der Waals surface area contributed by atoms with Crippen molar-refractivity contribution in [1.29, 1.82) is 0 Å². The summed E-state index contributed by atoms with van der Waals surface area (Å²) in [6, 6.07) is 19.7. The van der Waals surface area contributed by atoms with Crippen LogP contribution in [0.4, 0.5) is 0 Å². The van der Waals surface area contributed by atoms with Crippen LogP contribution in [0.15, 0.2) is 75.9 Å². The molecule has 0 N–H and O–H groups in total. The molecule has 0 fully saturated rings. The largest absolute Gasteiger partial charge is 0.550 e. The highest BCUT2D eigenvalue weighted by molar-refractivity contribution is 7.08. The quantitative estimate of drug-likeness (QED) is 0.497. The van der Waals surface area contributed by atoms with Crippen LogP contribution in [0.25, 0.3) is 34.2 Å². The van der Waals surface area contributed by atoms with E-state index >= 15 is 0 Å². The Bertz CT molecular complexity index is 1100. The smallest absolute Gasteiger partial charge is 0.254 e. The van der Waals surface area contributed by atoms with Gasteiger partial charge in [0.05, 0.1) is 0 Å². The topological polar surface area (TPSA) is 79.0 Å². The van der Waals surface area contributed by atoms with Gasteiger partial charge in [-0.15, -0.1) is 0 Å². The number of aliphatic carboxylic acids is 1. The Hall–Kier alpha value is -3.51. The molecule has 0 spiro atoms. The number of thiophene rings is 1. The van der Waals surface area contributed by atoms with Crippen molar-refractivity contribution in [2.75, 3.05) is 0 Å². The van der Waals surface area contributed by atoms with E-state index < -0.39 is 5.97 Å². The lowest BCUT2D eigenvalue weighted by Gasteiger charge is -2.05. The van der Waals surface area contributed by atoms with Crippen molar-refractivity contribution in [3.63, 3.8) is 0 Å². The van der Waals surface area contributed by atoms with Crippen LogP contribution in [0.5, 0.6) is 0 Å². The van der Waals surface area contributed by atoms with Gasteiger partial charge in [-0.3, -0.25) is 0 Å². The maximum Gasteiger partial charge on any atom is 0.254 e. The number of nitrogens with zero attached hydrogens (tertiary/aromatic N) is 2. The highest BCUT2D eigenvalue weighted by Gasteiger charge is 2.14. The molecule has 4 rings (SSSR count). The normalized spacial score (nSPS) is 11.5. The molecule has 2 heterocycles. The zero-order valence-electron chi connectivity index (χ0n) is 14.7. The van der Waals surface area contributed by atoms with Gasteiger partial charge in [-0.05, 0) is 34.2 Å². The molecular formula is C22H15N2O3S-. The third-order valence-corrected chi connectivity index (χ3v) is 4.86. The fourth-order valence-electron chi connectivity index (χ4n) is 2.81. The van der Waals surface area contributed by atoms with E-state index in [9.17, 15) is 9.90 Å². The predicted molar refractivity (Wildman–Crippen MR) is 107 cm³/mol. The number of carbonyl (C=O) groups excluding carboxylic acids is 1. The van der Waals surface area contributed by atoms with E-state index in [-0.39, 0.29) is 12.3 Å². The Morgan fingerprint density at radius 3 is 2.43 bits per heavy atom. The van der Waals surface area contributed by atoms with Crippen LogP contribution >= 0.6 is 11.3 Å². The van der Waals surface area contributed by atoms with Gasteiger partial charge in [-0.1, -0.05) is 59.8 Å². The van der Waals surface area contributed by atoms with Crippen molar-refractivity contribution in [3.05, 3.63) is 82.9 Å². The number of benzene rings is 2. The lowest BCUT2D eigenvalue weighted by molar-refractivity contribution is -0.304. The molecule has 0 amide bonds. The van der Waals surface area contributed by atoms with E-state index in [0.717, 1.165) is 22.3 Å². The fraction of sp³-hybridized carbons (Fsp3) is 0.0455. The lowest BCUT2D eigenvalue weighted by Crippen LogP contribution is -2.22. The maximum absolute atomic E-state index is 11.2. The summed E-state index contributed by atoms with van der Waals surface area (Å²) in [4.78, 5) is 15.5. The number of hydrogen-bond acceptors (Lipinski definition) is 6. The molecule has 0 aliphatic rings. The van der Waals surface area contributed by atoms with Crippen molar-refractivity contribution in [2.45, 2.75) is 6.42 Å². The molecular weight excluding hydrogens is 372 g/mol. The first-order valence-corrected chi connectivity index (χ1v) is 9.56. The summed E-state index contributed by atoms with van der Waals surface area (Å²) in [5.74, 6) is -0.597. The molecule has 5 nitrogen and oxygen atoms in total. The second kappa shape index (κ2) is 8.02. The Kier molecular flexibility index (Phi) is 5.12. The van der Waals surface area contributed by atoms with Crippen LogP contribution in [0.2, 0.25) is 0 Å². The molecule has 0 atom stereocenters. The number of carboxylic acids is 1. The minimum absolute atomic E-state index is 0.178. The van der Waals surface area contributed by atoms with E-state index in [1.54, 1.807) is 6.08 Å². The number of carboxylic acid groups (broad SMARTS) is 1. The molecule has 0 unspecified atom stereocenters. The Morgan fingerprint density at radius 1 is 1.00 bits per heavy atom. The molecule has 0 radical (unpaired) electrons. The number of hydrogen-bond donors (Lipinski definition) is 0. The highest BCUT2D eigenvalue weighted by Crippen LogP contribution is 2.26. The van der Waals surface area contributed by atoms with Gasteiger partial charge in [-0.25, -0.2) is 0 Å². The fourth-order valence-corrected chi connectivity index (χ4v) is 3.44. The first-order chi connectivity index (χ1) is 13.7. The molecule has 6 heteroatoms. The molecule has 2 aromatic carbocycles. The average molecular weight is 387 g/mol. The number of rotatable bonds is 6. The van der Waals surface area contributed by atoms with Gasteiger partial charge < -0.3 is 14.4 Å². The van der Waals surface area contributed by atoms with Crippen molar-refractivity contribution in [3.8, 4) is 22.5 Å². The monoisotopic (exact) mass is 387 g/mol. The van der Waals surface area contributed by atoms with Gasteiger partial charge >= 0.3 is 0 Å². The Labute approximate surface area is 165 Å². The molecule has 28 heavy (non-hydrogen) atoms. The van der Waals surface area contributed by atoms with Gasteiger partial charge in [0.2, 0.25) is 5.82 Å². The standard InChI is InChI=1S/C22H16N2O3S/c25-20(26)13-19(22-23-21(24-27-22)18-10-11-28-14-18)12-15-6-8-17(9-7-15)16-4-2-1-3-5-16/h1-12,14H,13H2,(H,25,26)/p-1/b19-12+. The average Bonchev–Trinajstić information content (AvgIpc) is 3.40. The Morgan fingerprint density at radius 2 is 1.75 bits per heavy atom. The van der Waals surface area contributed by atoms with Crippen LogP contribution in [0, 0.1) is 0 Å². The zero-order chi connectivity index (χ0) is 19.3. The summed E-state index contributed by atoms with van der Waals surface area (Å²) in [5.41, 5.74) is 4.27. The third kappa shape index (κ3) is 4.07. The first-order valence-electron chi connectivity index (χ1n) is 8.61. The van der Waals surface area contributed by atoms with E-state index in [0.29, 0.717) is 11.4 Å². The van der Waals surface area contributed by atoms with Gasteiger partial charge in [0, 0.05) is 28.9 Å². The molecule has 0 aliphatic carbocycles. The predicted octanol–water partition coefficient (Wildman–Crippen LogP) is 4.15. The number of aromatic nitrogens is 2. The molecule has 2 aromatic heterocycles. The third-order valence-electron chi connectivity index (χ3n) is 4.17. The summed E-state index contributed by atoms with van der Waals surface area (Å²) in [7, 11) is 0. The number of carbonyl (C=O) groups is 1. The van der Waals surface area contributed by atoms with Crippen LogP contribution in [-0.2, 0) is 4.79 Å². The van der Waals surface area contributed by atoms with Crippen LogP contribution in [-0.4, -0.2) is 16.1 Å². The second-order valence-corrected chi connectivity index (χ2v) is 6.92. The van der Waals surface area contributed by atoms with Crippen LogP contribution in [0.3, 0.4) is 0 Å². The van der Waals surface area contributed by atoms with Crippen molar-refractivity contribution in [2.24, 2.45) is 0 Å². The van der Waals surface area contributed by atoms with Gasteiger partial charge in [-0.2, -0.15) is 16.3 Å². The van der Waals surface area contributed by atoms with E-state index in [1.807, 2.05) is 71.4 Å². The summed E-state index contributed by atoms with van der Waals surface area (Å²) in [6.07, 6.45) is 1.42. The lowest BCUT2D eigenvalue weighted by atomic mass is 10.0. The van der Waals surface area contributed by atoms with E-state index in [4.69, 9.17) is 4.52 Å². The maximum atomic E-state index is 11.2. The van der Waals surface area contributed by atoms with Gasteiger partial charge in [0.25, 0.3) is 5.89 Å². The molecule has 0 saturated carbocycles. The van der Waals surface area contributed by atoms with Crippen molar-refractivity contribution < 1.29 is 14.4 Å². The van der Waals surface area contributed by atoms with Gasteiger partial charge in [0.15, 0.2) is 0 Å². The summed E-state index contributed by atoms with van der Waals surface area (Å²) >= 11 is 1.52. The summed E-state index contributed by atoms with van der Waals surface area (Å²) < 4.78 is 5.30. The van der Waals surface area contributed by atoms with Crippen molar-refractivity contribution >= 4 is 29.0 Å². The SMILES string of the molecule is O=C([O-])C/C(=C\c1ccc(-c2ccccc2)cc1)c1nc(-c2ccsc2)no1. The first kappa shape index (κ1) is 17.9. The minimum atomic E-state index is -1.21. The molecule has 0 bridgehead atoms. The van der Waals surface area contributed by atoms with E-state index in [2.05, 4.69) is 10.1 Å². The van der Waals surface area contributed by atoms with Crippen LogP contribution in [0.1, 0.15) is 17.9 Å². The summed E-state index contributed by atoms with van der Waals surface area (Å²) in [5, 5.41) is 19.0. The summed E-state index contributed by atoms with van der Waals surface area (Å²) in [6.45, 7) is 0. The van der Waals surface area contributed by atoms with Crippen LogP contribution < -0.4 is 5.11 Å². The zero-order valence-corrected chi connectivity index (χ0v) is 15.6. The Balaban J connectivity index is 1.64. The molecule has 0 saturated heterocycles. The molecule has 4 aromatic rings. The second-order valence-electron chi connectivity index (χ2n) is 6.14. The minimum Gasteiger partial charge on any atom is -0.550 e. The van der Waals surface area contributed by atoms with Gasteiger partial charge in [0.1, 0.15) is 0 Å².